The molecular weight excluding hydrogens is 426 g/mol. The lowest BCUT2D eigenvalue weighted by Gasteiger charge is -2.26. The Hall–Kier alpha value is -2.65. The molecule has 0 saturated carbocycles. The lowest BCUT2D eigenvalue weighted by molar-refractivity contribution is -0.146. The molecule has 1 amide bonds. The maximum absolute atomic E-state index is 13.3. The van der Waals surface area contributed by atoms with Crippen LogP contribution in [0.4, 0.5) is 5.69 Å². The number of piperidine rings is 1. The average molecular weight is 462 g/mol. The van der Waals surface area contributed by atoms with Gasteiger partial charge in [0.2, 0.25) is 5.91 Å². The molecule has 1 saturated heterocycles. The van der Waals surface area contributed by atoms with Crippen LogP contribution in [0, 0.1) is 5.92 Å². The number of ether oxygens (including phenoxy) is 2. The van der Waals surface area contributed by atoms with Crippen molar-refractivity contribution >= 4 is 23.5 Å². The lowest BCUT2D eigenvalue weighted by atomic mass is 9.92. The van der Waals surface area contributed by atoms with E-state index in [-0.39, 0.29) is 13.2 Å². The molecule has 9 heteroatoms. The maximum Gasteiger partial charge on any atom is 0.323 e. The highest BCUT2D eigenvalue weighted by Gasteiger charge is 2.35. The summed E-state index contributed by atoms with van der Waals surface area (Å²) in [5.41, 5.74) is 0.406. The molecule has 3 rings (SSSR count). The molecule has 1 aromatic rings. The van der Waals surface area contributed by atoms with Crippen LogP contribution in [0.2, 0.25) is 0 Å². The minimum Gasteiger partial charge on any atom is -0.489 e. The first kappa shape index (κ1) is 25.0. The van der Waals surface area contributed by atoms with Crippen LogP contribution in [0.1, 0.15) is 45.4 Å². The van der Waals surface area contributed by atoms with Crippen molar-refractivity contribution in [2.24, 2.45) is 5.92 Å². The Bertz CT molecular complexity index is 811. The Kier molecular flexibility index (Phi) is 9.50. The highest BCUT2D eigenvalue weighted by Crippen LogP contribution is 2.31. The third-order valence-electron chi connectivity index (χ3n) is 6.21. The van der Waals surface area contributed by atoms with Crippen molar-refractivity contribution in [2.45, 2.75) is 57.5 Å². The first-order valence-corrected chi connectivity index (χ1v) is 11.9. The van der Waals surface area contributed by atoms with Crippen LogP contribution >= 0.6 is 0 Å². The second kappa shape index (κ2) is 12.6. The number of para-hydroxylation sites is 2. The Labute approximate surface area is 194 Å². The topological polar surface area (TPSA) is 117 Å². The molecule has 2 atom stereocenters. The van der Waals surface area contributed by atoms with Crippen LogP contribution in [0.3, 0.4) is 0 Å². The van der Waals surface area contributed by atoms with Gasteiger partial charge in [-0.15, -0.1) is 0 Å². The van der Waals surface area contributed by atoms with Gasteiger partial charge in [0.15, 0.2) is 0 Å². The number of esters is 1. The summed E-state index contributed by atoms with van der Waals surface area (Å²) in [5.74, 6) is -0.810. The fourth-order valence-electron chi connectivity index (χ4n) is 4.48. The van der Waals surface area contributed by atoms with Crippen molar-refractivity contribution in [2.75, 3.05) is 37.7 Å². The first-order chi connectivity index (χ1) is 16.0. The summed E-state index contributed by atoms with van der Waals surface area (Å²) >= 11 is 0. The summed E-state index contributed by atoms with van der Waals surface area (Å²) in [5, 5.41) is 15.8. The van der Waals surface area contributed by atoms with E-state index in [4.69, 9.17) is 9.47 Å². The van der Waals surface area contributed by atoms with Gasteiger partial charge in [0.05, 0.1) is 12.3 Å². The summed E-state index contributed by atoms with van der Waals surface area (Å²) in [4.78, 5) is 38.5. The summed E-state index contributed by atoms with van der Waals surface area (Å²) in [7, 11) is 0. The number of anilines is 1. The number of hydrogen-bond acceptors (Lipinski definition) is 7. The fourth-order valence-corrected chi connectivity index (χ4v) is 4.48. The van der Waals surface area contributed by atoms with Crippen molar-refractivity contribution in [3.8, 4) is 5.75 Å². The summed E-state index contributed by atoms with van der Waals surface area (Å²) in [6, 6.07) is 5.31. The number of rotatable bonds is 11. The molecule has 0 bridgehead atoms. The van der Waals surface area contributed by atoms with E-state index in [1.54, 1.807) is 31.2 Å². The van der Waals surface area contributed by atoms with Crippen LogP contribution in [0.15, 0.2) is 24.3 Å². The number of fused-ring (bicyclic) bond motifs is 1. The van der Waals surface area contributed by atoms with Gasteiger partial charge in [0.1, 0.15) is 31.0 Å². The zero-order valence-corrected chi connectivity index (χ0v) is 19.3. The standard InChI is InChI=1S/C24H35N3O6/c1-2-32-24(31)18(8-4-3-7-17-11-13-25-14-12-17)26-19-16-33-21-10-6-5-9-20(21)27(23(19)30)15-22(28)29/h5-6,9-10,17-19,25-26H,2-4,7-8,11-16H2,1H3,(H,28,29)/t18-,19?/m0/s1. The zero-order chi connectivity index (χ0) is 23.6. The van der Waals surface area contributed by atoms with Gasteiger partial charge in [-0.2, -0.15) is 0 Å². The van der Waals surface area contributed by atoms with Crippen molar-refractivity contribution in [1.82, 2.24) is 10.6 Å². The van der Waals surface area contributed by atoms with E-state index < -0.39 is 36.5 Å². The molecular formula is C24H35N3O6. The molecule has 0 spiro atoms. The van der Waals surface area contributed by atoms with Crippen LogP contribution in [-0.2, 0) is 19.1 Å². The van der Waals surface area contributed by atoms with Crippen molar-refractivity contribution < 1.29 is 29.0 Å². The number of unbranched alkanes of at least 4 members (excludes halogenated alkanes) is 1. The maximum atomic E-state index is 13.3. The Morgan fingerprint density at radius 2 is 2.03 bits per heavy atom. The molecule has 1 fully saturated rings. The van der Waals surface area contributed by atoms with Gasteiger partial charge in [0.25, 0.3) is 0 Å². The van der Waals surface area contributed by atoms with Gasteiger partial charge >= 0.3 is 11.9 Å². The van der Waals surface area contributed by atoms with E-state index in [0.29, 0.717) is 17.9 Å². The highest BCUT2D eigenvalue weighted by atomic mass is 16.5. The van der Waals surface area contributed by atoms with Crippen LogP contribution < -0.4 is 20.3 Å². The highest BCUT2D eigenvalue weighted by molar-refractivity contribution is 6.02. The Morgan fingerprint density at radius 1 is 1.27 bits per heavy atom. The first-order valence-electron chi connectivity index (χ1n) is 11.9. The SMILES string of the molecule is CCOC(=O)[C@H](CCCCC1CCNCC1)NC1COc2ccccc2N(CC(=O)O)C1=O. The molecule has 2 heterocycles. The molecule has 0 aromatic heterocycles. The van der Waals surface area contributed by atoms with Crippen molar-refractivity contribution in [3.63, 3.8) is 0 Å². The van der Waals surface area contributed by atoms with E-state index in [2.05, 4.69) is 10.6 Å². The van der Waals surface area contributed by atoms with Gasteiger partial charge in [0, 0.05) is 0 Å². The van der Waals surface area contributed by atoms with Gasteiger partial charge < -0.3 is 19.9 Å². The number of nitrogens with one attached hydrogen (secondary N) is 2. The average Bonchev–Trinajstić information content (AvgIpc) is 2.93. The number of carboxylic acid groups (broad SMARTS) is 1. The molecule has 0 radical (unpaired) electrons. The second-order valence-electron chi connectivity index (χ2n) is 8.60. The molecule has 2 aliphatic rings. The number of aliphatic carboxylic acids is 1. The van der Waals surface area contributed by atoms with Gasteiger partial charge in [-0.1, -0.05) is 31.4 Å². The predicted molar refractivity (Wildman–Crippen MR) is 123 cm³/mol. The molecule has 9 nitrogen and oxygen atoms in total. The second-order valence-corrected chi connectivity index (χ2v) is 8.60. The summed E-state index contributed by atoms with van der Waals surface area (Å²) < 4.78 is 11.1. The largest absolute Gasteiger partial charge is 0.489 e. The third-order valence-corrected chi connectivity index (χ3v) is 6.21. The van der Waals surface area contributed by atoms with Gasteiger partial charge in [-0.05, 0) is 57.3 Å². The summed E-state index contributed by atoms with van der Waals surface area (Å²) in [6.45, 7) is 3.64. The van der Waals surface area contributed by atoms with E-state index in [9.17, 15) is 19.5 Å². The van der Waals surface area contributed by atoms with Gasteiger partial charge in [-0.3, -0.25) is 24.6 Å². The quantitative estimate of drug-likeness (QED) is 0.338. The molecule has 33 heavy (non-hydrogen) atoms. The number of amides is 1. The number of nitrogens with zero attached hydrogens (tertiary/aromatic N) is 1. The summed E-state index contributed by atoms with van der Waals surface area (Å²) in [6.07, 6.45) is 5.89. The van der Waals surface area contributed by atoms with E-state index in [0.717, 1.165) is 38.3 Å². The molecule has 1 aromatic carbocycles. The lowest BCUT2D eigenvalue weighted by Crippen LogP contribution is -2.54. The normalized spacial score (nSPS) is 19.8. The zero-order valence-electron chi connectivity index (χ0n) is 19.3. The molecule has 1 unspecified atom stereocenters. The Balaban J connectivity index is 1.65. The van der Waals surface area contributed by atoms with E-state index in [1.165, 1.54) is 17.7 Å². The number of carbonyl (C=O) groups excluding carboxylic acids is 2. The number of benzene rings is 1. The smallest absolute Gasteiger partial charge is 0.323 e. The molecule has 3 N–H and O–H groups in total. The number of hydrogen-bond donors (Lipinski definition) is 3. The van der Waals surface area contributed by atoms with Crippen molar-refractivity contribution in [3.05, 3.63) is 24.3 Å². The van der Waals surface area contributed by atoms with Crippen molar-refractivity contribution in [1.29, 1.82) is 0 Å². The predicted octanol–water partition coefficient (Wildman–Crippen LogP) is 1.95. The van der Waals surface area contributed by atoms with E-state index >= 15 is 0 Å². The molecule has 182 valence electrons. The number of carbonyl (C=O) groups is 3. The van der Waals surface area contributed by atoms with Crippen LogP contribution in [0.25, 0.3) is 0 Å². The van der Waals surface area contributed by atoms with E-state index in [1.807, 2.05) is 0 Å². The minimum atomic E-state index is -1.13. The minimum absolute atomic E-state index is 0.00303. The Morgan fingerprint density at radius 3 is 2.76 bits per heavy atom. The van der Waals surface area contributed by atoms with Crippen LogP contribution in [0.5, 0.6) is 5.75 Å². The molecule has 0 aliphatic carbocycles. The van der Waals surface area contributed by atoms with Gasteiger partial charge in [-0.25, -0.2) is 0 Å². The monoisotopic (exact) mass is 461 g/mol. The third kappa shape index (κ3) is 7.17. The molecule has 2 aliphatic heterocycles. The van der Waals surface area contributed by atoms with Crippen LogP contribution in [-0.4, -0.2) is 67.9 Å². The number of carboxylic acids is 1. The fraction of sp³-hybridized carbons (Fsp3) is 0.625.